The molecule has 1 aliphatic heterocycles. The molecular formula is C14H17N5O. The summed E-state index contributed by atoms with van der Waals surface area (Å²) in [6, 6.07) is 10.2. The summed E-state index contributed by atoms with van der Waals surface area (Å²) in [7, 11) is 0. The lowest BCUT2D eigenvalue weighted by atomic mass is 10.2. The number of nitrogens with two attached hydrogens (primary N) is 1. The Morgan fingerprint density at radius 2 is 1.85 bits per heavy atom. The van der Waals surface area contributed by atoms with Crippen LogP contribution in [-0.2, 0) is 0 Å². The Balaban J connectivity index is 1.64. The third kappa shape index (κ3) is 2.32. The molecule has 1 aliphatic rings. The number of hydrogen-bond acceptors (Lipinski definition) is 4. The summed E-state index contributed by atoms with van der Waals surface area (Å²) in [5.41, 5.74) is 7.34. The molecule has 20 heavy (non-hydrogen) atoms. The minimum atomic E-state index is -0.0519. The Hall–Kier alpha value is -2.50. The molecule has 0 bridgehead atoms. The third-order valence-electron chi connectivity index (χ3n) is 3.59. The number of nitrogens with zero attached hydrogens (tertiary/aromatic N) is 3. The minimum Gasteiger partial charge on any atom is -0.383 e. The molecule has 6 nitrogen and oxygen atoms in total. The van der Waals surface area contributed by atoms with E-state index < -0.39 is 0 Å². The van der Waals surface area contributed by atoms with Crippen LogP contribution in [0.4, 0.5) is 11.5 Å². The number of aromatic nitrogens is 2. The smallest absolute Gasteiger partial charge is 0.259 e. The number of amides is 1. The zero-order valence-electron chi connectivity index (χ0n) is 11.1. The highest BCUT2D eigenvalue weighted by Gasteiger charge is 2.24. The van der Waals surface area contributed by atoms with Gasteiger partial charge in [0.05, 0.1) is 6.20 Å². The number of piperazine rings is 1. The molecule has 2 heterocycles. The average Bonchev–Trinajstić information content (AvgIpc) is 2.94. The zero-order valence-corrected chi connectivity index (χ0v) is 11.1. The van der Waals surface area contributed by atoms with E-state index in [1.807, 2.05) is 23.1 Å². The van der Waals surface area contributed by atoms with Gasteiger partial charge in [-0.05, 0) is 12.1 Å². The van der Waals surface area contributed by atoms with Crippen molar-refractivity contribution in [1.82, 2.24) is 15.1 Å². The number of H-pyrrole nitrogens is 1. The second kappa shape index (κ2) is 5.24. The van der Waals surface area contributed by atoms with Crippen molar-refractivity contribution in [3.8, 4) is 0 Å². The summed E-state index contributed by atoms with van der Waals surface area (Å²) in [6.07, 6.45) is 1.49. The zero-order chi connectivity index (χ0) is 13.9. The Morgan fingerprint density at radius 1 is 1.15 bits per heavy atom. The predicted octanol–water partition coefficient (Wildman–Crippen LogP) is 0.954. The molecule has 1 saturated heterocycles. The summed E-state index contributed by atoms with van der Waals surface area (Å²) in [5, 5.41) is 6.39. The van der Waals surface area contributed by atoms with Crippen molar-refractivity contribution in [2.45, 2.75) is 0 Å². The molecule has 1 aromatic carbocycles. The first kappa shape index (κ1) is 12.5. The van der Waals surface area contributed by atoms with Crippen molar-refractivity contribution in [1.29, 1.82) is 0 Å². The maximum atomic E-state index is 12.3. The summed E-state index contributed by atoms with van der Waals surface area (Å²) >= 11 is 0. The third-order valence-corrected chi connectivity index (χ3v) is 3.59. The van der Waals surface area contributed by atoms with E-state index in [0.717, 1.165) is 13.1 Å². The van der Waals surface area contributed by atoms with E-state index >= 15 is 0 Å². The number of benzene rings is 1. The fourth-order valence-electron chi connectivity index (χ4n) is 2.44. The lowest BCUT2D eigenvalue weighted by molar-refractivity contribution is 0.0748. The molecule has 3 rings (SSSR count). The van der Waals surface area contributed by atoms with E-state index in [1.165, 1.54) is 11.9 Å². The second-order valence-electron chi connectivity index (χ2n) is 4.81. The summed E-state index contributed by atoms with van der Waals surface area (Å²) in [4.78, 5) is 16.4. The van der Waals surface area contributed by atoms with Crippen molar-refractivity contribution >= 4 is 17.4 Å². The van der Waals surface area contributed by atoms with Crippen LogP contribution in [0.1, 0.15) is 10.4 Å². The van der Waals surface area contributed by atoms with Gasteiger partial charge in [0, 0.05) is 31.9 Å². The molecule has 0 aliphatic carbocycles. The first-order valence-electron chi connectivity index (χ1n) is 6.64. The van der Waals surface area contributed by atoms with E-state index in [2.05, 4.69) is 27.2 Å². The summed E-state index contributed by atoms with van der Waals surface area (Å²) in [5.74, 6) is 0.282. The predicted molar refractivity (Wildman–Crippen MR) is 77.6 cm³/mol. The lowest BCUT2D eigenvalue weighted by Crippen LogP contribution is -2.48. The van der Waals surface area contributed by atoms with Crippen molar-refractivity contribution in [2.75, 3.05) is 36.8 Å². The first-order valence-corrected chi connectivity index (χ1v) is 6.64. The standard InChI is InChI=1S/C14H17N5O/c15-13-12(10-16-17-13)14(20)19-8-6-18(7-9-19)11-4-2-1-3-5-11/h1-5,10H,6-9H2,(H3,15,16,17). The van der Waals surface area contributed by atoms with E-state index in [0.29, 0.717) is 24.5 Å². The number of carbonyl (C=O) groups excluding carboxylic acids is 1. The number of nitrogens with one attached hydrogen (secondary N) is 1. The minimum absolute atomic E-state index is 0.0519. The Morgan fingerprint density at radius 3 is 2.45 bits per heavy atom. The highest BCUT2D eigenvalue weighted by atomic mass is 16.2. The van der Waals surface area contributed by atoms with Gasteiger partial charge in [0.2, 0.25) is 0 Å². The van der Waals surface area contributed by atoms with E-state index in [9.17, 15) is 4.79 Å². The number of aromatic amines is 1. The maximum Gasteiger partial charge on any atom is 0.259 e. The van der Waals surface area contributed by atoms with Crippen LogP contribution in [0, 0.1) is 0 Å². The van der Waals surface area contributed by atoms with Gasteiger partial charge < -0.3 is 15.5 Å². The fourth-order valence-corrected chi connectivity index (χ4v) is 2.44. The van der Waals surface area contributed by atoms with E-state index in [4.69, 9.17) is 5.73 Å². The molecule has 6 heteroatoms. The Kier molecular flexibility index (Phi) is 3.28. The number of hydrogen-bond donors (Lipinski definition) is 2. The van der Waals surface area contributed by atoms with Crippen LogP contribution >= 0.6 is 0 Å². The fraction of sp³-hybridized carbons (Fsp3) is 0.286. The normalized spacial score (nSPS) is 15.4. The quantitative estimate of drug-likeness (QED) is 0.852. The molecular weight excluding hydrogens is 254 g/mol. The van der Waals surface area contributed by atoms with Crippen LogP contribution in [0.2, 0.25) is 0 Å². The van der Waals surface area contributed by atoms with Crippen LogP contribution in [0.25, 0.3) is 0 Å². The number of para-hydroxylation sites is 1. The van der Waals surface area contributed by atoms with Gasteiger partial charge in [-0.3, -0.25) is 9.89 Å². The monoisotopic (exact) mass is 271 g/mol. The number of nitrogen functional groups attached to an aromatic ring is 1. The largest absolute Gasteiger partial charge is 0.383 e. The second-order valence-corrected chi connectivity index (χ2v) is 4.81. The van der Waals surface area contributed by atoms with Crippen LogP contribution in [0.3, 0.4) is 0 Å². The van der Waals surface area contributed by atoms with E-state index in [-0.39, 0.29) is 5.91 Å². The molecule has 0 spiro atoms. The van der Waals surface area contributed by atoms with Crippen molar-refractivity contribution < 1.29 is 4.79 Å². The van der Waals surface area contributed by atoms with Crippen LogP contribution in [-0.4, -0.2) is 47.2 Å². The van der Waals surface area contributed by atoms with Gasteiger partial charge in [-0.15, -0.1) is 0 Å². The summed E-state index contributed by atoms with van der Waals surface area (Å²) < 4.78 is 0. The summed E-state index contributed by atoms with van der Waals surface area (Å²) in [6.45, 7) is 3.04. The van der Waals surface area contributed by atoms with Crippen molar-refractivity contribution in [3.63, 3.8) is 0 Å². The Bertz CT molecular complexity index is 587. The lowest BCUT2D eigenvalue weighted by Gasteiger charge is -2.36. The van der Waals surface area contributed by atoms with Gasteiger partial charge in [-0.25, -0.2) is 0 Å². The molecule has 0 saturated carbocycles. The van der Waals surface area contributed by atoms with Gasteiger partial charge in [0.25, 0.3) is 5.91 Å². The molecule has 0 radical (unpaired) electrons. The van der Waals surface area contributed by atoms with Crippen molar-refractivity contribution in [2.24, 2.45) is 0 Å². The van der Waals surface area contributed by atoms with Gasteiger partial charge in [0.1, 0.15) is 11.4 Å². The topological polar surface area (TPSA) is 78.2 Å². The molecule has 0 unspecified atom stereocenters. The molecule has 1 fully saturated rings. The number of rotatable bonds is 2. The molecule has 1 aromatic heterocycles. The van der Waals surface area contributed by atoms with E-state index in [1.54, 1.807) is 0 Å². The van der Waals surface area contributed by atoms with Crippen LogP contribution in [0.15, 0.2) is 36.5 Å². The van der Waals surface area contributed by atoms with Gasteiger partial charge in [0.15, 0.2) is 0 Å². The number of carbonyl (C=O) groups is 1. The number of anilines is 2. The van der Waals surface area contributed by atoms with Crippen LogP contribution in [0.5, 0.6) is 0 Å². The molecule has 1 amide bonds. The maximum absolute atomic E-state index is 12.3. The highest BCUT2D eigenvalue weighted by molar-refractivity contribution is 5.98. The average molecular weight is 271 g/mol. The first-order chi connectivity index (χ1) is 9.75. The highest BCUT2D eigenvalue weighted by Crippen LogP contribution is 2.17. The molecule has 0 atom stereocenters. The molecule has 3 N–H and O–H groups in total. The van der Waals surface area contributed by atoms with Crippen LogP contribution < -0.4 is 10.6 Å². The van der Waals surface area contributed by atoms with Gasteiger partial charge in [-0.1, -0.05) is 18.2 Å². The Labute approximate surface area is 117 Å². The molecule has 2 aromatic rings. The molecule has 104 valence electrons. The van der Waals surface area contributed by atoms with Gasteiger partial charge >= 0.3 is 0 Å². The SMILES string of the molecule is Nc1[nH]ncc1C(=O)N1CCN(c2ccccc2)CC1. The van der Waals surface area contributed by atoms with Gasteiger partial charge in [-0.2, -0.15) is 5.10 Å². The van der Waals surface area contributed by atoms with Crippen molar-refractivity contribution in [3.05, 3.63) is 42.1 Å².